The quantitative estimate of drug-likeness (QED) is 0.534. The largest absolute Gasteiger partial charge is 0.458 e. The second-order valence-electron chi connectivity index (χ2n) is 6.48. The zero-order valence-electron chi connectivity index (χ0n) is 13.5. The highest BCUT2D eigenvalue weighted by Crippen LogP contribution is 2.69. The molecule has 0 radical (unpaired) electrons. The van der Waals surface area contributed by atoms with E-state index in [2.05, 4.69) is 4.85 Å². The summed E-state index contributed by atoms with van der Waals surface area (Å²) in [6.07, 6.45) is -6.26. The Hall–Kier alpha value is -2.80. The fourth-order valence-electron chi connectivity index (χ4n) is 3.67. The lowest BCUT2D eigenvalue weighted by Gasteiger charge is -2.32. The number of aliphatic hydroxyl groups is 1. The third kappa shape index (κ3) is 1.97. The monoisotopic (exact) mass is 403 g/mol. The van der Waals surface area contributed by atoms with Gasteiger partial charge in [0.2, 0.25) is 0 Å². The fourth-order valence-corrected chi connectivity index (χ4v) is 3.67. The minimum Gasteiger partial charge on any atom is -0.458 e. The second kappa shape index (κ2) is 5.38. The van der Waals surface area contributed by atoms with Crippen LogP contribution < -0.4 is 4.74 Å². The summed E-state index contributed by atoms with van der Waals surface area (Å²) in [5.74, 6) is -12.2. The Morgan fingerprint density at radius 2 is 1.75 bits per heavy atom. The van der Waals surface area contributed by atoms with E-state index in [9.17, 15) is 35.8 Å². The molecule has 0 aliphatic heterocycles. The summed E-state index contributed by atoms with van der Waals surface area (Å²) in [5, 5.41) is 10.1. The van der Waals surface area contributed by atoms with E-state index in [1.165, 1.54) is 0 Å². The number of benzene rings is 2. The molecule has 0 saturated carbocycles. The maximum Gasteiger partial charge on any atom is 0.349 e. The Balaban J connectivity index is 1.92. The molecule has 0 unspecified atom stereocenters. The highest BCUT2D eigenvalue weighted by molar-refractivity contribution is 5.62. The molecular weight excluding hydrogens is 395 g/mol. The lowest BCUT2D eigenvalue weighted by atomic mass is 9.93. The minimum absolute atomic E-state index is 0.206. The predicted molar refractivity (Wildman–Crippen MR) is 80.7 cm³/mol. The predicted octanol–water partition coefficient (Wildman–Crippen LogP) is 5.46. The molecule has 3 atom stereocenters. The van der Waals surface area contributed by atoms with Crippen molar-refractivity contribution in [3.63, 3.8) is 0 Å². The van der Waals surface area contributed by atoms with E-state index < -0.39 is 58.0 Å². The number of halogens is 7. The number of nitrogens with zero attached hydrogens (tertiary/aromatic N) is 1. The van der Waals surface area contributed by atoms with Crippen molar-refractivity contribution in [2.45, 2.75) is 29.8 Å². The van der Waals surface area contributed by atoms with Gasteiger partial charge in [-0.05, 0) is 24.3 Å². The van der Waals surface area contributed by atoms with E-state index in [4.69, 9.17) is 11.3 Å². The van der Waals surface area contributed by atoms with Crippen molar-refractivity contribution in [3.05, 3.63) is 64.3 Å². The zero-order chi connectivity index (χ0) is 20.6. The van der Waals surface area contributed by atoms with E-state index in [-0.39, 0.29) is 11.4 Å². The van der Waals surface area contributed by atoms with Crippen LogP contribution in [0.15, 0.2) is 30.3 Å². The van der Waals surface area contributed by atoms with Gasteiger partial charge in [0, 0.05) is 22.8 Å². The van der Waals surface area contributed by atoms with Gasteiger partial charge in [-0.3, -0.25) is 0 Å². The molecule has 2 aromatic rings. The van der Waals surface area contributed by atoms with Crippen LogP contribution in [0.3, 0.4) is 0 Å². The average molecular weight is 403 g/mol. The molecule has 146 valence electrons. The van der Waals surface area contributed by atoms with Crippen molar-refractivity contribution in [3.8, 4) is 11.5 Å². The van der Waals surface area contributed by atoms with Crippen LogP contribution in [0, 0.1) is 12.4 Å². The first-order valence-electron chi connectivity index (χ1n) is 7.76. The third-order valence-corrected chi connectivity index (χ3v) is 4.94. The Morgan fingerprint density at radius 1 is 1.07 bits per heavy atom. The molecule has 0 bridgehead atoms. The van der Waals surface area contributed by atoms with E-state index in [1.807, 2.05) is 0 Å². The van der Waals surface area contributed by atoms with Crippen LogP contribution in [-0.4, -0.2) is 17.2 Å². The van der Waals surface area contributed by atoms with Gasteiger partial charge in [0.1, 0.15) is 17.3 Å². The summed E-state index contributed by atoms with van der Waals surface area (Å²) < 4.78 is 104. The zero-order valence-corrected chi connectivity index (χ0v) is 13.5. The Bertz CT molecular complexity index is 1050. The molecule has 4 rings (SSSR count). The molecule has 0 aromatic heterocycles. The molecule has 28 heavy (non-hydrogen) atoms. The summed E-state index contributed by atoms with van der Waals surface area (Å²) in [6.45, 7) is 6.87. The van der Waals surface area contributed by atoms with Crippen LogP contribution in [0.5, 0.6) is 11.5 Å². The lowest BCUT2D eigenvalue weighted by Crippen LogP contribution is -2.53. The van der Waals surface area contributed by atoms with Crippen molar-refractivity contribution in [2.24, 2.45) is 0 Å². The van der Waals surface area contributed by atoms with Crippen molar-refractivity contribution in [1.29, 1.82) is 0 Å². The first kappa shape index (κ1) is 18.6. The molecule has 10 heteroatoms. The van der Waals surface area contributed by atoms with Crippen LogP contribution in [0.1, 0.15) is 22.9 Å². The smallest absolute Gasteiger partial charge is 0.349 e. The van der Waals surface area contributed by atoms with Gasteiger partial charge in [0.05, 0.1) is 6.57 Å². The molecule has 2 aliphatic carbocycles. The summed E-state index contributed by atoms with van der Waals surface area (Å²) in [5.41, 5.74) is -7.97. The Kier molecular flexibility index (Phi) is 3.57. The van der Waals surface area contributed by atoms with E-state index in [0.717, 1.165) is 18.2 Å². The lowest BCUT2D eigenvalue weighted by molar-refractivity contribution is -0.302. The Morgan fingerprint density at radius 3 is 2.39 bits per heavy atom. The molecule has 3 nitrogen and oxygen atoms in total. The number of rotatable bonds is 2. The highest BCUT2D eigenvalue weighted by Gasteiger charge is 2.82. The molecular formula is C18H8F7NO2. The molecule has 0 spiro atoms. The van der Waals surface area contributed by atoms with Crippen molar-refractivity contribution >= 4 is 5.69 Å². The molecule has 2 aromatic carbocycles. The van der Waals surface area contributed by atoms with Gasteiger partial charge in [0.15, 0.2) is 23.6 Å². The first-order valence-corrected chi connectivity index (χ1v) is 7.76. The van der Waals surface area contributed by atoms with E-state index in [0.29, 0.717) is 12.1 Å². The molecule has 0 heterocycles. The van der Waals surface area contributed by atoms with Gasteiger partial charge in [-0.15, -0.1) is 0 Å². The van der Waals surface area contributed by atoms with Gasteiger partial charge < -0.3 is 9.84 Å². The van der Waals surface area contributed by atoms with Crippen molar-refractivity contribution in [1.82, 2.24) is 0 Å². The molecule has 0 fully saturated rings. The number of hydrogen-bond donors (Lipinski definition) is 1. The summed E-state index contributed by atoms with van der Waals surface area (Å²) in [7, 11) is 0. The molecule has 0 saturated heterocycles. The average Bonchev–Trinajstić information content (AvgIpc) is 2.90. The van der Waals surface area contributed by atoms with Crippen LogP contribution in [0.4, 0.5) is 36.4 Å². The van der Waals surface area contributed by atoms with E-state index >= 15 is 0 Å². The molecule has 1 N–H and O–H groups in total. The topological polar surface area (TPSA) is 33.8 Å². The highest BCUT2D eigenvalue weighted by atomic mass is 19.3. The third-order valence-electron chi connectivity index (χ3n) is 4.94. The maximum absolute atomic E-state index is 14.5. The standard InChI is InChI=1S/C18H8F7NO2/c1-26-8-4-7(19)5-9(6-8)28-11-3-2-10-13-12(11)14(20)15(21)16(13,27)18(24,25)17(10,22)23/h2-6,14-15,27H/t14-,15-,16-/m0/s1. The SMILES string of the molecule is [C-]#[N+]c1cc(F)cc(Oc2ccc3c4c2[C@H](F)[C@H](F)[C@]4(O)C(F)(F)C3(F)F)c1. The van der Waals surface area contributed by atoms with Crippen LogP contribution in [0.2, 0.25) is 0 Å². The van der Waals surface area contributed by atoms with Crippen molar-refractivity contribution < 1.29 is 40.6 Å². The number of alkyl halides is 6. The van der Waals surface area contributed by atoms with E-state index in [1.54, 1.807) is 0 Å². The van der Waals surface area contributed by atoms with Gasteiger partial charge in [0.25, 0.3) is 0 Å². The first-order chi connectivity index (χ1) is 13.0. The minimum atomic E-state index is -5.30. The Labute approximate surface area is 152 Å². The maximum atomic E-state index is 14.5. The van der Waals surface area contributed by atoms with Crippen LogP contribution in [-0.2, 0) is 11.5 Å². The fraction of sp³-hybridized carbons (Fsp3) is 0.278. The number of hydrogen-bond acceptors (Lipinski definition) is 2. The van der Waals surface area contributed by atoms with Crippen LogP contribution in [0.25, 0.3) is 4.85 Å². The normalized spacial score (nSPS) is 28.7. The van der Waals surface area contributed by atoms with Crippen molar-refractivity contribution in [2.75, 3.05) is 0 Å². The van der Waals surface area contributed by atoms with Gasteiger partial charge in [-0.1, -0.05) is 0 Å². The molecule has 2 aliphatic rings. The van der Waals surface area contributed by atoms with Gasteiger partial charge in [-0.25, -0.2) is 18.0 Å². The van der Waals surface area contributed by atoms with Gasteiger partial charge in [-0.2, -0.15) is 17.6 Å². The molecule has 0 amide bonds. The van der Waals surface area contributed by atoms with Crippen LogP contribution >= 0.6 is 0 Å². The van der Waals surface area contributed by atoms with Gasteiger partial charge >= 0.3 is 11.8 Å². The second-order valence-corrected chi connectivity index (χ2v) is 6.48. The summed E-state index contributed by atoms with van der Waals surface area (Å²) in [4.78, 5) is 2.98. The summed E-state index contributed by atoms with van der Waals surface area (Å²) in [6, 6.07) is 3.84. The number of ether oxygens (including phenoxy) is 1. The summed E-state index contributed by atoms with van der Waals surface area (Å²) >= 11 is 0.